The molecule has 2 aromatic heterocycles. The number of rotatable bonds is 3. The number of hydrogen-bond acceptors (Lipinski definition) is 4. The number of benzene rings is 1. The minimum atomic E-state index is 0.554. The van der Waals surface area contributed by atoms with Gasteiger partial charge in [-0.3, -0.25) is 4.68 Å². The summed E-state index contributed by atoms with van der Waals surface area (Å²) in [5, 5.41) is 4.51. The molecule has 0 saturated heterocycles. The number of fused-ring (bicyclic) bond motifs is 1. The van der Waals surface area contributed by atoms with Crippen molar-refractivity contribution in [1.82, 2.24) is 14.8 Å². The first-order valence-electron chi connectivity index (χ1n) is 6.55. The molecule has 5 nitrogen and oxygen atoms in total. The van der Waals surface area contributed by atoms with E-state index in [1.807, 2.05) is 29.8 Å². The topological polar surface area (TPSA) is 69.9 Å². The zero-order chi connectivity index (χ0) is 14.3. The minimum absolute atomic E-state index is 0.554. The van der Waals surface area contributed by atoms with E-state index in [2.05, 4.69) is 32.9 Å². The number of nitrogens with two attached hydrogens (primary N) is 1. The van der Waals surface area contributed by atoms with Gasteiger partial charge in [-0.2, -0.15) is 5.10 Å². The fourth-order valence-corrected chi connectivity index (χ4v) is 2.65. The van der Waals surface area contributed by atoms with Gasteiger partial charge in [0, 0.05) is 11.0 Å². The molecule has 3 aromatic rings. The maximum atomic E-state index is 5.96. The van der Waals surface area contributed by atoms with Gasteiger partial charge < -0.3 is 10.2 Å². The van der Waals surface area contributed by atoms with Gasteiger partial charge in [-0.25, -0.2) is 4.98 Å². The van der Waals surface area contributed by atoms with E-state index in [9.17, 15) is 0 Å². The summed E-state index contributed by atoms with van der Waals surface area (Å²) in [6.45, 7) is 4.89. The van der Waals surface area contributed by atoms with E-state index in [-0.39, 0.29) is 0 Å². The van der Waals surface area contributed by atoms with Crippen LogP contribution in [0.1, 0.15) is 19.5 Å². The third kappa shape index (κ3) is 2.10. The van der Waals surface area contributed by atoms with Crippen LogP contribution in [0.4, 0.5) is 5.69 Å². The normalized spacial score (nSPS) is 11.3. The predicted molar refractivity (Wildman–Crippen MR) is 82.4 cm³/mol. The number of aromatic nitrogens is 3. The van der Waals surface area contributed by atoms with Crippen molar-refractivity contribution in [2.45, 2.75) is 26.8 Å². The molecule has 0 aliphatic rings. The Kier molecular flexibility index (Phi) is 3.25. The van der Waals surface area contributed by atoms with Crippen molar-refractivity contribution in [3.05, 3.63) is 28.4 Å². The Balaban J connectivity index is 2.19. The number of aryl methyl sites for hydroxylation is 2. The van der Waals surface area contributed by atoms with Crippen LogP contribution in [0.5, 0.6) is 0 Å². The van der Waals surface area contributed by atoms with Crippen LogP contribution in [0.3, 0.4) is 0 Å². The van der Waals surface area contributed by atoms with Crippen molar-refractivity contribution in [2.75, 3.05) is 5.73 Å². The molecule has 1 aromatic carbocycles. The van der Waals surface area contributed by atoms with Crippen molar-refractivity contribution in [1.29, 1.82) is 0 Å². The predicted octanol–water partition coefficient (Wildman–Crippen LogP) is 3.62. The van der Waals surface area contributed by atoms with E-state index in [1.54, 1.807) is 0 Å². The molecule has 0 radical (unpaired) electrons. The first kappa shape index (κ1) is 13.2. The zero-order valence-electron chi connectivity index (χ0n) is 11.4. The maximum Gasteiger partial charge on any atom is 0.245 e. The highest BCUT2D eigenvalue weighted by Crippen LogP contribution is 2.31. The van der Waals surface area contributed by atoms with Crippen LogP contribution in [0.25, 0.3) is 22.7 Å². The van der Waals surface area contributed by atoms with Crippen LogP contribution in [0, 0.1) is 0 Å². The summed E-state index contributed by atoms with van der Waals surface area (Å²) in [7, 11) is 0. The van der Waals surface area contributed by atoms with Gasteiger partial charge in [0.2, 0.25) is 5.89 Å². The Morgan fingerprint density at radius 3 is 2.80 bits per heavy atom. The highest BCUT2D eigenvalue weighted by atomic mass is 79.9. The van der Waals surface area contributed by atoms with Crippen LogP contribution in [0.2, 0.25) is 0 Å². The number of nitrogens with zero attached hydrogens (tertiary/aromatic N) is 3. The lowest BCUT2D eigenvalue weighted by atomic mass is 10.3. The molecule has 0 bridgehead atoms. The molecule has 3 rings (SSSR count). The fraction of sp³-hybridized carbons (Fsp3) is 0.286. The third-order valence-electron chi connectivity index (χ3n) is 3.20. The number of nitrogen functional groups attached to an aromatic ring is 1. The first-order valence-corrected chi connectivity index (χ1v) is 7.34. The van der Waals surface area contributed by atoms with Crippen LogP contribution in [-0.4, -0.2) is 14.8 Å². The second kappa shape index (κ2) is 4.94. The number of anilines is 1. The molecule has 2 heterocycles. The van der Waals surface area contributed by atoms with Crippen molar-refractivity contribution in [3.63, 3.8) is 0 Å². The van der Waals surface area contributed by atoms with Crippen LogP contribution in [0.15, 0.2) is 27.1 Å². The van der Waals surface area contributed by atoms with Crippen LogP contribution in [-0.2, 0) is 13.0 Å². The first-order chi connectivity index (χ1) is 9.62. The SMILES string of the molecule is CCc1cc(-c2nc3cc(Br)cc(N)c3o2)n(CC)n1. The summed E-state index contributed by atoms with van der Waals surface area (Å²) in [6.07, 6.45) is 0.883. The lowest BCUT2D eigenvalue weighted by molar-refractivity contribution is 0.590. The van der Waals surface area contributed by atoms with E-state index in [0.29, 0.717) is 17.2 Å². The van der Waals surface area contributed by atoms with Crippen molar-refractivity contribution in [2.24, 2.45) is 0 Å². The Hall–Kier alpha value is -1.82. The van der Waals surface area contributed by atoms with Gasteiger partial charge in [0.15, 0.2) is 5.58 Å². The molecule has 2 N–H and O–H groups in total. The Labute approximate surface area is 124 Å². The molecule has 0 aliphatic carbocycles. The molecule has 0 fully saturated rings. The van der Waals surface area contributed by atoms with Gasteiger partial charge in [0.25, 0.3) is 0 Å². The lowest BCUT2D eigenvalue weighted by Crippen LogP contribution is -1.99. The van der Waals surface area contributed by atoms with Gasteiger partial charge in [-0.1, -0.05) is 22.9 Å². The second-order valence-corrected chi connectivity index (χ2v) is 5.47. The number of hydrogen-bond donors (Lipinski definition) is 1. The molecule has 0 amide bonds. The van der Waals surface area contributed by atoms with E-state index in [1.165, 1.54) is 0 Å². The molecule has 20 heavy (non-hydrogen) atoms. The highest BCUT2D eigenvalue weighted by Gasteiger charge is 2.16. The molecule has 104 valence electrons. The average Bonchev–Trinajstić information content (AvgIpc) is 3.01. The van der Waals surface area contributed by atoms with Gasteiger partial charge in [0.05, 0.1) is 11.4 Å². The van der Waals surface area contributed by atoms with Gasteiger partial charge in [-0.05, 0) is 31.5 Å². The van der Waals surface area contributed by atoms with E-state index in [0.717, 1.165) is 34.3 Å². The second-order valence-electron chi connectivity index (χ2n) is 4.55. The monoisotopic (exact) mass is 334 g/mol. The van der Waals surface area contributed by atoms with Gasteiger partial charge in [-0.15, -0.1) is 0 Å². The molecule has 0 atom stereocenters. The molecule has 0 saturated carbocycles. The summed E-state index contributed by atoms with van der Waals surface area (Å²) in [6, 6.07) is 5.72. The molecular weight excluding hydrogens is 320 g/mol. The largest absolute Gasteiger partial charge is 0.432 e. The Morgan fingerprint density at radius 2 is 2.10 bits per heavy atom. The van der Waals surface area contributed by atoms with E-state index in [4.69, 9.17) is 10.2 Å². The third-order valence-corrected chi connectivity index (χ3v) is 3.65. The molecule has 0 aliphatic heterocycles. The highest BCUT2D eigenvalue weighted by molar-refractivity contribution is 9.10. The average molecular weight is 335 g/mol. The molecule has 6 heteroatoms. The standard InChI is InChI=1S/C14H15BrN4O/c1-3-9-7-12(19(4-2)18-9)14-17-11-6-8(15)5-10(16)13(11)20-14/h5-7H,3-4,16H2,1-2H3. The Bertz CT molecular complexity index is 775. The minimum Gasteiger partial charge on any atom is -0.432 e. The van der Waals surface area contributed by atoms with Gasteiger partial charge in [0.1, 0.15) is 11.2 Å². The molecule has 0 spiro atoms. The smallest absolute Gasteiger partial charge is 0.245 e. The van der Waals surface area contributed by atoms with Crippen molar-refractivity contribution in [3.8, 4) is 11.6 Å². The maximum absolute atomic E-state index is 5.96. The fourth-order valence-electron chi connectivity index (χ4n) is 2.19. The number of halogens is 1. The van der Waals surface area contributed by atoms with Crippen molar-refractivity contribution >= 4 is 32.7 Å². The van der Waals surface area contributed by atoms with E-state index < -0.39 is 0 Å². The summed E-state index contributed by atoms with van der Waals surface area (Å²) in [5.41, 5.74) is 9.81. The van der Waals surface area contributed by atoms with Crippen LogP contribution < -0.4 is 5.73 Å². The van der Waals surface area contributed by atoms with Crippen LogP contribution >= 0.6 is 15.9 Å². The quantitative estimate of drug-likeness (QED) is 0.742. The van der Waals surface area contributed by atoms with Gasteiger partial charge >= 0.3 is 0 Å². The summed E-state index contributed by atoms with van der Waals surface area (Å²) < 4.78 is 8.61. The Morgan fingerprint density at radius 1 is 1.30 bits per heavy atom. The number of oxazole rings is 1. The summed E-state index contributed by atoms with van der Waals surface area (Å²) >= 11 is 3.41. The summed E-state index contributed by atoms with van der Waals surface area (Å²) in [4.78, 5) is 4.52. The molecule has 0 unspecified atom stereocenters. The van der Waals surface area contributed by atoms with Crippen molar-refractivity contribution < 1.29 is 4.42 Å². The molecular formula is C14H15BrN4O. The summed E-state index contributed by atoms with van der Waals surface area (Å²) in [5.74, 6) is 0.554. The van der Waals surface area contributed by atoms with E-state index >= 15 is 0 Å². The zero-order valence-corrected chi connectivity index (χ0v) is 12.9. The lowest BCUT2D eigenvalue weighted by Gasteiger charge is -1.99.